The van der Waals surface area contributed by atoms with Gasteiger partial charge in [0.05, 0.1) is 17.8 Å². The summed E-state index contributed by atoms with van der Waals surface area (Å²) in [6.45, 7) is 0.906. The summed E-state index contributed by atoms with van der Waals surface area (Å²) < 4.78 is 13.3. The molecule has 36 heavy (non-hydrogen) atoms. The number of ether oxygens (including phenoxy) is 2. The number of amides is 1. The highest BCUT2D eigenvalue weighted by Gasteiger charge is 2.48. The summed E-state index contributed by atoms with van der Waals surface area (Å²) in [5.41, 5.74) is -0.00755. The monoisotopic (exact) mass is 572 g/mol. The molecule has 0 radical (unpaired) electrons. The van der Waals surface area contributed by atoms with Gasteiger partial charge in [-0.1, -0.05) is 40.2 Å². The number of hydrogen-bond donors (Lipinski definition) is 2. The van der Waals surface area contributed by atoms with Gasteiger partial charge in [-0.15, -0.1) is 16.4 Å². The van der Waals surface area contributed by atoms with Gasteiger partial charge in [0, 0.05) is 36.7 Å². The number of aliphatic hydroxyl groups is 2. The first-order valence-corrected chi connectivity index (χ1v) is 13.5. The van der Waals surface area contributed by atoms with E-state index in [4.69, 9.17) is 32.7 Å². The number of rotatable bonds is 7. The van der Waals surface area contributed by atoms with Crippen molar-refractivity contribution < 1.29 is 24.5 Å². The second-order valence-electron chi connectivity index (χ2n) is 8.23. The number of halogens is 2. The largest absolute Gasteiger partial charge is 0.394 e. The number of likely N-dealkylation sites (tertiary alicyclic amines) is 1. The van der Waals surface area contributed by atoms with E-state index >= 15 is 0 Å². The van der Waals surface area contributed by atoms with Crippen LogP contribution in [0.4, 0.5) is 0 Å². The number of carbonyl (C=O) groups excluding carboxylic acids is 1. The molecule has 5 rings (SSSR count). The van der Waals surface area contributed by atoms with Gasteiger partial charge in [-0.2, -0.15) is 0 Å². The van der Waals surface area contributed by atoms with Crippen LogP contribution < -0.4 is 0 Å². The molecular formula is C21H22Cl2N6O5S2. The van der Waals surface area contributed by atoms with Crippen LogP contribution in [-0.2, 0) is 9.47 Å². The lowest BCUT2D eigenvalue weighted by atomic mass is 9.97. The Balaban J connectivity index is 1.46. The fourth-order valence-corrected chi connectivity index (χ4v) is 6.49. The average molecular weight is 573 g/mol. The lowest BCUT2D eigenvalue weighted by Gasteiger charge is -2.43. The van der Waals surface area contributed by atoms with Crippen LogP contribution >= 0.6 is 46.3 Å². The van der Waals surface area contributed by atoms with Crippen molar-refractivity contribution in [1.29, 1.82) is 0 Å². The first-order valence-electron chi connectivity index (χ1n) is 11.0. The minimum atomic E-state index is -1.16. The van der Waals surface area contributed by atoms with E-state index in [0.29, 0.717) is 38.9 Å². The number of thioether (sulfide) groups is 1. The third-order valence-electron chi connectivity index (χ3n) is 6.02. The highest BCUT2D eigenvalue weighted by Crippen LogP contribution is 2.41. The number of carbonyl (C=O) groups is 1. The molecule has 192 valence electrons. The van der Waals surface area contributed by atoms with Gasteiger partial charge in [-0.25, -0.2) is 14.6 Å². The lowest BCUT2D eigenvalue weighted by Crippen LogP contribution is -2.55. The van der Waals surface area contributed by atoms with E-state index in [0.717, 1.165) is 6.42 Å². The van der Waals surface area contributed by atoms with Gasteiger partial charge in [0.15, 0.2) is 0 Å². The van der Waals surface area contributed by atoms with Gasteiger partial charge < -0.3 is 24.6 Å². The first-order chi connectivity index (χ1) is 17.4. The molecule has 2 aliphatic rings. The molecule has 3 aromatic heterocycles. The van der Waals surface area contributed by atoms with Crippen molar-refractivity contribution in [2.24, 2.45) is 0 Å². The van der Waals surface area contributed by atoms with Crippen LogP contribution in [-0.4, -0.2) is 96.5 Å². The van der Waals surface area contributed by atoms with Crippen molar-refractivity contribution in [3.63, 3.8) is 0 Å². The van der Waals surface area contributed by atoms with E-state index in [1.165, 1.54) is 41.1 Å². The van der Waals surface area contributed by atoms with E-state index < -0.39 is 36.4 Å². The molecule has 3 aromatic rings. The SMILES string of the molecule is COC1C(n2cc(-c3nc(Cl)cs3)nn2)[C@@H](O)C(CO)O[C@@H]1Sc1cc(Cl)cnc1C(=O)N1CCC1. The Morgan fingerprint density at radius 2 is 2.19 bits per heavy atom. The maximum absolute atomic E-state index is 13.0. The van der Waals surface area contributed by atoms with Gasteiger partial charge in [-0.05, 0) is 12.5 Å². The number of thiazole rings is 1. The van der Waals surface area contributed by atoms with Crippen LogP contribution in [0, 0.1) is 0 Å². The molecule has 1 amide bonds. The quantitative estimate of drug-likeness (QED) is 0.434. The second kappa shape index (κ2) is 10.9. The highest BCUT2D eigenvalue weighted by molar-refractivity contribution is 8.00. The Morgan fingerprint density at radius 3 is 2.83 bits per heavy atom. The van der Waals surface area contributed by atoms with Crippen molar-refractivity contribution in [3.05, 3.63) is 39.7 Å². The van der Waals surface area contributed by atoms with Crippen molar-refractivity contribution in [2.75, 3.05) is 26.8 Å². The van der Waals surface area contributed by atoms with Crippen molar-refractivity contribution in [1.82, 2.24) is 29.9 Å². The lowest BCUT2D eigenvalue weighted by molar-refractivity contribution is -0.186. The van der Waals surface area contributed by atoms with E-state index in [9.17, 15) is 15.0 Å². The van der Waals surface area contributed by atoms with Crippen molar-refractivity contribution in [2.45, 2.75) is 41.1 Å². The maximum atomic E-state index is 13.0. The second-order valence-corrected chi connectivity index (χ2v) is 11.1. The third kappa shape index (κ3) is 4.98. The van der Waals surface area contributed by atoms with Crippen molar-refractivity contribution in [3.8, 4) is 10.7 Å². The fourth-order valence-electron chi connectivity index (χ4n) is 4.07. The molecule has 0 spiro atoms. The summed E-state index contributed by atoms with van der Waals surface area (Å²) >= 11 is 14.7. The van der Waals surface area contributed by atoms with E-state index in [1.807, 2.05) is 0 Å². The maximum Gasteiger partial charge on any atom is 0.273 e. The van der Waals surface area contributed by atoms with Crippen molar-refractivity contribution >= 4 is 52.2 Å². The van der Waals surface area contributed by atoms with Crippen LogP contribution in [0.25, 0.3) is 10.7 Å². The Morgan fingerprint density at radius 1 is 1.39 bits per heavy atom. The molecule has 0 aliphatic carbocycles. The van der Waals surface area contributed by atoms with Gasteiger partial charge in [0.1, 0.15) is 51.3 Å². The number of hydrogen-bond acceptors (Lipinski definition) is 11. The van der Waals surface area contributed by atoms with Gasteiger partial charge in [0.2, 0.25) is 0 Å². The molecule has 0 aromatic carbocycles. The van der Waals surface area contributed by atoms with E-state index in [-0.39, 0.29) is 11.6 Å². The Kier molecular flexibility index (Phi) is 7.79. The summed E-state index contributed by atoms with van der Waals surface area (Å²) in [6.07, 6.45) is 1.17. The molecule has 5 atom stereocenters. The Labute approximate surface area is 224 Å². The van der Waals surface area contributed by atoms with Gasteiger partial charge >= 0.3 is 0 Å². The van der Waals surface area contributed by atoms with Gasteiger partial charge in [-0.3, -0.25) is 4.79 Å². The predicted molar refractivity (Wildman–Crippen MR) is 133 cm³/mol. The molecule has 2 saturated heterocycles. The standard InChI is InChI=1S/C21H22Cl2N6O5S2/c1-33-18-16(29-7-11(26-27-29)19-25-14(23)9-35-19)17(31)12(8-30)34-21(18)36-13-5-10(22)6-24-15(13)20(32)28-3-2-4-28/h5-7,9,12,16-18,21,30-31H,2-4,8H2,1H3/t12?,16?,17-,18?,21+/m0/s1. The highest BCUT2D eigenvalue weighted by atomic mass is 35.5. The summed E-state index contributed by atoms with van der Waals surface area (Å²) in [4.78, 5) is 23.7. The fraction of sp³-hybridized carbons (Fsp3) is 0.476. The molecular weight excluding hydrogens is 551 g/mol. The topological polar surface area (TPSA) is 136 Å². The van der Waals surface area contributed by atoms with Crippen LogP contribution in [0.1, 0.15) is 23.0 Å². The smallest absolute Gasteiger partial charge is 0.273 e. The summed E-state index contributed by atoms with van der Waals surface area (Å²) in [6, 6.07) is 0.882. The molecule has 5 heterocycles. The minimum absolute atomic E-state index is 0.191. The average Bonchev–Trinajstić information content (AvgIpc) is 3.47. The zero-order chi connectivity index (χ0) is 25.4. The van der Waals surface area contributed by atoms with E-state index in [1.54, 1.807) is 22.5 Å². The van der Waals surface area contributed by atoms with Crippen LogP contribution in [0.15, 0.2) is 28.7 Å². The number of nitrogens with zero attached hydrogens (tertiary/aromatic N) is 6. The Hall–Kier alpha value is -1.84. The van der Waals surface area contributed by atoms with Crippen LogP contribution in [0.5, 0.6) is 0 Å². The molecule has 0 bridgehead atoms. The number of methoxy groups -OCH3 is 1. The molecule has 2 N–H and O–H groups in total. The summed E-state index contributed by atoms with van der Waals surface area (Å²) in [5, 5.41) is 32.4. The normalized spacial score (nSPS) is 26.1. The summed E-state index contributed by atoms with van der Waals surface area (Å²) in [7, 11) is 1.49. The van der Waals surface area contributed by atoms with Crippen LogP contribution in [0.2, 0.25) is 10.2 Å². The zero-order valence-corrected chi connectivity index (χ0v) is 22.0. The molecule has 0 saturated carbocycles. The molecule has 15 heteroatoms. The van der Waals surface area contributed by atoms with E-state index in [2.05, 4.69) is 20.3 Å². The minimum Gasteiger partial charge on any atom is -0.394 e. The van der Waals surface area contributed by atoms with Gasteiger partial charge in [0.25, 0.3) is 5.91 Å². The zero-order valence-electron chi connectivity index (χ0n) is 18.9. The molecule has 2 aliphatic heterocycles. The summed E-state index contributed by atoms with van der Waals surface area (Å²) in [5.74, 6) is -0.191. The number of aliphatic hydroxyl groups excluding tert-OH is 2. The number of pyridine rings is 1. The molecule has 3 unspecified atom stereocenters. The molecule has 2 fully saturated rings. The Bertz CT molecular complexity index is 1240. The first kappa shape index (κ1) is 25.8. The third-order valence-corrected chi connectivity index (χ3v) is 8.59. The van der Waals surface area contributed by atoms with Crippen LogP contribution in [0.3, 0.4) is 0 Å². The predicted octanol–water partition coefficient (Wildman–Crippen LogP) is 2.38. The number of aromatic nitrogens is 5. The molecule has 11 nitrogen and oxygen atoms in total.